The average molecular weight is 289 g/mol. The van der Waals surface area contributed by atoms with Crippen molar-refractivity contribution in [2.24, 2.45) is 0 Å². The Kier molecular flexibility index (Phi) is 4.40. The molecule has 0 unspecified atom stereocenters. The van der Waals surface area contributed by atoms with Crippen molar-refractivity contribution in [2.45, 2.75) is 13.5 Å². The van der Waals surface area contributed by atoms with Crippen LogP contribution in [0.25, 0.3) is 0 Å². The second kappa shape index (κ2) is 6.81. The maximum absolute atomic E-state index is 5.85. The monoisotopic (exact) mass is 289 g/mol. The number of aryl methyl sites for hydroxylation is 1. The van der Waals surface area contributed by atoms with Crippen molar-refractivity contribution in [3.63, 3.8) is 0 Å². The molecule has 0 heterocycles. The number of nitrogens with one attached hydrogen (secondary N) is 1. The van der Waals surface area contributed by atoms with Gasteiger partial charge in [0.05, 0.1) is 0 Å². The van der Waals surface area contributed by atoms with Gasteiger partial charge in [0, 0.05) is 17.4 Å². The van der Waals surface area contributed by atoms with Gasteiger partial charge in [-0.3, -0.25) is 0 Å². The maximum atomic E-state index is 5.85. The Balaban J connectivity index is 1.66. The van der Waals surface area contributed by atoms with E-state index < -0.39 is 0 Å². The first-order valence-electron chi connectivity index (χ1n) is 7.40. The van der Waals surface area contributed by atoms with E-state index in [4.69, 9.17) is 4.74 Å². The minimum absolute atomic E-state index is 0.578. The van der Waals surface area contributed by atoms with Crippen molar-refractivity contribution in [3.8, 4) is 5.75 Å². The molecule has 2 heteroatoms. The van der Waals surface area contributed by atoms with E-state index in [2.05, 4.69) is 48.6 Å². The molecule has 0 bridgehead atoms. The SMILES string of the molecule is Cc1ccc(Nc2cccc(OCc3ccccc3)c2)cc1. The molecule has 1 N–H and O–H groups in total. The second-order valence-corrected chi connectivity index (χ2v) is 5.29. The number of hydrogen-bond donors (Lipinski definition) is 1. The molecule has 0 amide bonds. The first-order valence-corrected chi connectivity index (χ1v) is 7.40. The van der Waals surface area contributed by atoms with E-state index in [1.54, 1.807) is 0 Å². The Morgan fingerprint density at radius 3 is 2.32 bits per heavy atom. The number of rotatable bonds is 5. The van der Waals surface area contributed by atoms with Crippen LogP contribution in [-0.2, 0) is 6.61 Å². The molecular formula is C20H19NO. The van der Waals surface area contributed by atoms with E-state index in [1.165, 1.54) is 11.1 Å². The van der Waals surface area contributed by atoms with Gasteiger partial charge in [-0.25, -0.2) is 0 Å². The van der Waals surface area contributed by atoms with Crippen LogP contribution in [0.1, 0.15) is 11.1 Å². The summed E-state index contributed by atoms with van der Waals surface area (Å²) in [6, 6.07) is 26.6. The molecule has 0 saturated heterocycles. The zero-order chi connectivity index (χ0) is 15.2. The molecule has 0 aliphatic carbocycles. The molecule has 0 aliphatic heterocycles. The topological polar surface area (TPSA) is 21.3 Å². The number of ether oxygens (including phenoxy) is 1. The fraction of sp³-hybridized carbons (Fsp3) is 0.100. The lowest BCUT2D eigenvalue weighted by atomic mass is 10.2. The molecule has 0 fully saturated rings. The van der Waals surface area contributed by atoms with Crippen molar-refractivity contribution < 1.29 is 4.74 Å². The lowest BCUT2D eigenvalue weighted by Gasteiger charge is -2.10. The van der Waals surface area contributed by atoms with Gasteiger partial charge in [-0.05, 0) is 36.8 Å². The molecule has 0 aliphatic rings. The summed E-state index contributed by atoms with van der Waals surface area (Å²) in [6.45, 7) is 2.66. The predicted octanol–water partition coefficient (Wildman–Crippen LogP) is 5.32. The molecule has 0 saturated carbocycles. The Hall–Kier alpha value is -2.74. The smallest absolute Gasteiger partial charge is 0.121 e. The van der Waals surface area contributed by atoms with Crippen molar-refractivity contribution in [3.05, 3.63) is 90.0 Å². The zero-order valence-corrected chi connectivity index (χ0v) is 12.6. The van der Waals surface area contributed by atoms with Crippen molar-refractivity contribution in [1.82, 2.24) is 0 Å². The molecule has 110 valence electrons. The summed E-state index contributed by atoms with van der Waals surface area (Å²) in [5.41, 5.74) is 4.52. The minimum Gasteiger partial charge on any atom is -0.489 e. The van der Waals surface area contributed by atoms with Crippen molar-refractivity contribution in [1.29, 1.82) is 0 Å². The number of anilines is 2. The molecule has 3 aromatic rings. The van der Waals surface area contributed by atoms with Crippen LogP contribution in [0.3, 0.4) is 0 Å². The normalized spacial score (nSPS) is 10.2. The van der Waals surface area contributed by atoms with Crippen LogP contribution in [-0.4, -0.2) is 0 Å². The van der Waals surface area contributed by atoms with Crippen LogP contribution in [0.2, 0.25) is 0 Å². The van der Waals surface area contributed by atoms with Gasteiger partial charge in [0.25, 0.3) is 0 Å². The average Bonchev–Trinajstić information content (AvgIpc) is 2.57. The molecule has 0 aromatic heterocycles. The first kappa shape index (κ1) is 14.2. The van der Waals surface area contributed by atoms with E-state index >= 15 is 0 Å². The largest absolute Gasteiger partial charge is 0.489 e. The highest BCUT2D eigenvalue weighted by Gasteiger charge is 1.99. The van der Waals surface area contributed by atoms with E-state index in [1.807, 2.05) is 42.5 Å². The van der Waals surface area contributed by atoms with E-state index in [9.17, 15) is 0 Å². The molecule has 0 atom stereocenters. The highest BCUT2D eigenvalue weighted by atomic mass is 16.5. The molecule has 3 aromatic carbocycles. The van der Waals surface area contributed by atoms with Crippen LogP contribution in [0.15, 0.2) is 78.9 Å². The van der Waals surface area contributed by atoms with Crippen LogP contribution in [0, 0.1) is 6.92 Å². The highest BCUT2D eigenvalue weighted by Crippen LogP contribution is 2.22. The summed E-state index contributed by atoms with van der Waals surface area (Å²) < 4.78 is 5.85. The first-order chi connectivity index (χ1) is 10.8. The summed E-state index contributed by atoms with van der Waals surface area (Å²) in [5.74, 6) is 0.862. The van der Waals surface area contributed by atoms with Gasteiger partial charge in [0.15, 0.2) is 0 Å². The Labute approximate surface area is 131 Å². The van der Waals surface area contributed by atoms with Gasteiger partial charge < -0.3 is 10.1 Å². The molecule has 22 heavy (non-hydrogen) atoms. The molecular weight excluding hydrogens is 270 g/mol. The summed E-state index contributed by atoms with van der Waals surface area (Å²) in [4.78, 5) is 0. The van der Waals surface area contributed by atoms with E-state index in [0.29, 0.717) is 6.61 Å². The lowest BCUT2D eigenvalue weighted by Crippen LogP contribution is -1.96. The summed E-state index contributed by atoms with van der Waals surface area (Å²) >= 11 is 0. The number of hydrogen-bond acceptors (Lipinski definition) is 2. The molecule has 0 spiro atoms. The zero-order valence-electron chi connectivity index (χ0n) is 12.6. The van der Waals surface area contributed by atoms with Crippen LogP contribution >= 0.6 is 0 Å². The van der Waals surface area contributed by atoms with Gasteiger partial charge in [-0.15, -0.1) is 0 Å². The van der Waals surface area contributed by atoms with Crippen molar-refractivity contribution in [2.75, 3.05) is 5.32 Å². The minimum atomic E-state index is 0.578. The van der Waals surface area contributed by atoms with Crippen LogP contribution in [0.4, 0.5) is 11.4 Å². The number of benzene rings is 3. The lowest BCUT2D eigenvalue weighted by molar-refractivity contribution is 0.306. The Bertz CT molecular complexity index is 720. The van der Waals surface area contributed by atoms with E-state index in [-0.39, 0.29) is 0 Å². The molecule has 2 nitrogen and oxygen atoms in total. The fourth-order valence-electron chi connectivity index (χ4n) is 2.21. The Morgan fingerprint density at radius 1 is 0.773 bits per heavy atom. The molecule has 0 radical (unpaired) electrons. The van der Waals surface area contributed by atoms with Crippen molar-refractivity contribution >= 4 is 11.4 Å². The van der Waals surface area contributed by atoms with E-state index in [0.717, 1.165) is 17.1 Å². The standard InChI is InChI=1S/C20H19NO/c1-16-10-12-18(13-11-16)21-19-8-5-9-20(14-19)22-15-17-6-3-2-4-7-17/h2-14,21H,15H2,1H3. The second-order valence-electron chi connectivity index (χ2n) is 5.29. The third kappa shape index (κ3) is 3.89. The third-order valence-electron chi connectivity index (χ3n) is 3.42. The Morgan fingerprint density at radius 2 is 1.55 bits per heavy atom. The highest BCUT2D eigenvalue weighted by molar-refractivity contribution is 5.61. The van der Waals surface area contributed by atoms with Crippen LogP contribution < -0.4 is 10.1 Å². The van der Waals surface area contributed by atoms with Gasteiger partial charge in [0.1, 0.15) is 12.4 Å². The molecule has 3 rings (SSSR count). The summed E-state index contributed by atoms with van der Waals surface area (Å²) in [5, 5.41) is 3.39. The predicted molar refractivity (Wildman–Crippen MR) is 91.7 cm³/mol. The maximum Gasteiger partial charge on any atom is 0.121 e. The van der Waals surface area contributed by atoms with Gasteiger partial charge in [-0.2, -0.15) is 0 Å². The fourth-order valence-corrected chi connectivity index (χ4v) is 2.21. The third-order valence-corrected chi connectivity index (χ3v) is 3.42. The summed E-state index contributed by atoms with van der Waals surface area (Å²) in [7, 11) is 0. The summed E-state index contributed by atoms with van der Waals surface area (Å²) in [6.07, 6.45) is 0. The van der Waals surface area contributed by atoms with Gasteiger partial charge in [-0.1, -0.05) is 54.1 Å². The van der Waals surface area contributed by atoms with Crippen LogP contribution in [0.5, 0.6) is 5.75 Å². The van der Waals surface area contributed by atoms with Gasteiger partial charge >= 0.3 is 0 Å². The quantitative estimate of drug-likeness (QED) is 0.686. The van der Waals surface area contributed by atoms with Gasteiger partial charge in [0.2, 0.25) is 0 Å².